The van der Waals surface area contributed by atoms with Gasteiger partial charge in [0.05, 0.1) is 17.3 Å². The highest BCUT2D eigenvalue weighted by Gasteiger charge is 2.22. The van der Waals surface area contributed by atoms with Crippen molar-refractivity contribution in [1.82, 2.24) is 9.78 Å². The minimum atomic E-state index is 0.512. The molecule has 106 valence electrons. The first-order chi connectivity index (χ1) is 9.81. The van der Waals surface area contributed by atoms with Crippen LogP contribution in [0.1, 0.15) is 11.3 Å². The molecule has 0 amide bonds. The molecule has 1 saturated heterocycles. The third-order valence-corrected chi connectivity index (χ3v) is 4.81. The number of halogens is 1. The van der Waals surface area contributed by atoms with E-state index in [9.17, 15) is 0 Å². The number of aryl methyl sites for hydroxylation is 1. The van der Waals surface area contributed by atoms with Gasteiger partial charge >= 0.3 is 0 Å². The Morgan fingerprint density at radius 3 is 2.55 bits per heavy atom. The molecule has 2 aromatic rings. The zero-order valence-electron chi connectivity index (χ0n) is 11.6. The van der Waals surface area contributed by atoms with Crippen LogP contribution in [0.25, 0.3) is 5.69 Å². The highest BCUT2D eigenvalue weighted by molar-refractivity contribution is 7.99. The number of thioether (sulfide) groups is 1. The molecule has 1 aromatic heterocycles. The molecule has 0 saturated carbocycles. The fraction of sp³-hybridized carbons (Fsp3) is 0.400. The fourth-order valence-corrected chi connectivity index (χ4v) is 3.77. The Morgan fingerprint density at radius 1 is 1.20 bits per heavy atom. The maximum atomic E-state index is 6.17. The van der Waals surface area contributed by atoms with Crippen molar-refractivity contribution in [3.63, 3.8) is 0 Å². The van der Waals surface area contributed by atoms with E-state index >= 15 is 0 Å². The average Bonchev–Trinajstić information content (AvgIpc) is 2.85. The molecule has 0 radical (unpaired) electrons. The summed E-state index contributed by atoms with van der Waals surface area (Å²) in [5.41, 5.74) is 3.28. The fourth-order valence-electron chi connectivity index (χ4n) is 2.55. The van der Waals surface area contributed by atoms with E-state index in [1.165, 1.54) is 17.3 Å². The van der Waals surface area contributed by atoms with Crippen LogP contribution in [-0.2, 0) is 5.88 Å². The van der Waals surface area contributed by atoms with Crippen molar-refractivity contribution < 1.29 is 0 Å². The van der Waals surface area contributed by atoms with E-state index < -0.39 is 0 Å². The monoisotopic (exact) mass is 307 g/mol. The summed E-state index contributed by atoms with van der Waals surface area (Å²) in [4.78, 5) is 2.42. The lowest BCUT2D eigenvalue weighted by Crippen LogP contribution is -2.34. The van der Waals surface area contributed by atoms with Crippen molar-refractivity contribution in [1.29, 1.82) is 0 Å². The lowest BCUT2D eigenvalue weighted by molar-refractivity contribution is 0.776. The standard InChI is InChI=1S/C15H18ClN3S/c1-12-14(11-16)15(18-7-9-20-10-8-18)19(17-12)13-5-3-2-4-6-13/h2-6H,7-11H2,1H3. The lowest BCUT2D eigenvalue weighted by atomic mass is 10.2. The van der Waals surface area contributed by atoms with Gasteiger partial charge in [0.2, 0.25) is 0 Å². The van der Waals surface area contributed by atoms with Gasteiger partial charge in [0.25, 0.3) is 0 Å². The largest absolute Gasteiger partial charge is 0.355 e. The van der Waals surface area contributed by atoms with Crippen LogP contribution in [0.3, 0.4) is 0 Å². The molecule has 0 aliphatic carbocycles. The van der Waals surface area contributed by atoms with Crippen LogP contribution in [0, 0.1) is 6.92 Å². The van der Waals surface area contributed by atoms with Gasteiger partial charge in [-0.2, -0.15) is 16.9 Å². The molecule has 3 rings (SSSR count). The summed E-state index contributed by atoms with van der Waals surface area (Å²) in [5, 5.41) is 4.71. The van der Waals surface area contributed by atoms with Gasteiger partial charge in [-0.25, -0.2) is 4.68 Å². The summed E-state index contributed by atoms with van der Waals surface area (Å²) >= 11 is 8.18. The molecule has 1 aliphatic heterocycles. The van der Waals surface area contributed by atoms with Crippen LogP contribution in [0.4, 0.5) is 5.82 Å². The maximum Gasteiger partial charge on any atom is 0.137 e. The van der Waals surface area contributed by atoms with Gasteiger partial charge in [-0.1, -0.05) is 18.2 Å². The first-order valence-electron chi connectivity index (χ1n) is 6.84. The SMILES string of the molecule is Cc1nn(-c2ccccc2)c(N2CCSCC2)c1CCl. The van der Waals surface area contributed by atoms with Crippen molar-refractivity contribution in [3.8, 4) is 5.69 Å². The smallest absolute Gasteiger partial charge is 0.137 e. The van der Waals surface area contributed by atoms with Crippen LogP contribution in [-0.4, -0.2) is 34.4 Å². The number of benzene rings is 1. The second kappa shape index (κ2) is 6.10. The summed E-state index contributed by atoms with van der Waals surface area (Å²) in [5.74, 6) is 4.02. The number of para-hydroxylation sites is 1. The average molecular weight is 308 g/mol. The molecule has 20 heavy (non-hydrogen) atoms. The Bertz CT molecular complexity index is 576. The predicted octanol–water partition coefficient (Wildman–Crippen LogP) is 3.47. The number of anilines is 1. The molecule has 3 nitrogen and oxygen atoms in total. The second-order valence-electron chi connectivity index (χ2n) is 4.87. The molecule has 0 atom stereocenters. The molecule has 1 fully saturated rings. The van der Waals surface area contributed by atoms with E-state index in [2.05, 4.69) is 17.0 Å². The van der Waals surface area contributed by atoms with Gasteiger partial charge in [-0.15, -0.1) is 11.6 Å². The van der Waals surface area contributed by atoms with Gasteiger partial charge in [0, 0.05) is 30.2 Å². The summed E-state index contributed by atoms with van der Waals surface area (Å²) in [6.07, 6.45) is 0. The number of nitrogens with zero attached hydrogens (tertiary/aromatic N) is 3. The minimum Gasteiger partial charge on any atom is -0.355 e. The van der Waals surface area contributed by atoms with Crippen LogP contribution >= 0.6 is 23.4 Å². The number of hydrogen-bond donors (Lipinski definition) is 0. The van der Waals surface area contributed by atoms with E-state index in [0.717, 1.165) is 30.0 Å². The minimum absolute atomic E-state index is 0.512. The van der Waals surface area contributed by atoms with Crippen molar-refractivity contribution in [2.24, 2.45) is 0 Å². The topological polar surface area (TPSA) is 21.1 Å². The third-order valence-electron chi connectivity index (χ3n) is 3.60. The highest BCUT2D eigenvalue weighted by atomic mass is 35.5. The number of aromatic nitrogens is 2. The van der Waals surface area contributed by atoms with Gasteiger partial charge in [0.15, 0.2) is 0 Å². The molecule has 0 bridgehead atoms. The van der Waals surface area contributed by atoms with Crippen LogP contribution < -0.4 is 4.90 Å². The summed E-state index contributed by atoms with van der Waals surface area (Å²) in [6, 6.07) is 10.3. The Labute approximate surface area is 128 Å². The van der Waals surface area contributed by atoms with Crippen LogP contribution in [0.5, 0.6) is 0 Å². The molecule has 0 spiro atoms. The summed E-state index contributed by atoms with van der Waals surface area (Å²) in [6.45, 7) is 4.17. The Balaban J connectivity index is 2.09. The maximum absolute atomic E-state index is 6.17. The molecular formula is C15H18ClN3S. The number of hydrogen-bond acceptors (Lipinski definition) is 3. The van der Waals surface area contributed by atoms with Crippen molar-refractivity contribution in [2.75, 3.05) is 29.5 Å². The van der Waals surface area contributed by atoms with Crippen LogP contribution in [0.2, 0.25) is 0 Å². The number of alkyl halides is 1. The Morgan fingerprint density at radius 2 is 1.90 bits per heavy atom. The Hall–Kier alpha value is -1.13. The van der Waals surface area contributed by atoms with Gasteiger partial charge in [0.1, 0.15) is 5.82 Å². The molecule has 1 aliphatic rings. The third kappa shape index (κ3) is 2.54. The zero-order chi connectivity index (χ0) is 13.9. The van der Waals surface area contributed by atoms with Crippen molar-refractivity contribution in [2.45, 2.75) is 12.8 Å². The Kier molecular flexibility index (Phi) is 4.22. The van der Waals surface area contributed by atoms with E-state index in [4.69, 9.17) is 16.7 Å². The molecule has 1 aromatic carbocycles. The molecule has 2 heterocycles. The lowest BCUT2D eigenvalue weighted by Gasteiger charge is -2.29. The van der Waals surface area contributed by atoms with E-state index in [0.29, 0.717) is 5.88 Å². The van der Waals surface area contributed by atoms with Gasteiger partial charge in [-0.3, -0.25) is 0 Å². The van der Waals surface area contributed by atoms with Crippen molar-refractivity contribution >= 4 is 29.2 Å². The molecule has 0 unspecified atom stereocenters. The quantitative estimate of drug-likeness (QED) is 0.810. The summed E-state index contributed by atoms with van der Waals surface area (Å²) < 4.78 is 2.04. The first-order valence-corrected chi connectivity index (χ1v) is 8.52. The van der Waals surface area contributed by atoms with Crippen LogP contribution in [0.15, 0.2) is 30.3 Å². The normalized spacial score (nSPS) is 15.6. The zero-order valence-corrected chi connectivity index (χ0v) is 13.1. The molecule has 5 heteroatoms. The van der Waals surface area contributed by atoms with E-state index in [1.54, 1.807) is 0 Å². The second-order valence-corrected chi connectivity index (χ2v) is 6.36. The predicted molar refractivity (Wildman–Crippen MR) is 87.4 cm³/mol. The van der Waals surface area contributed by atoms with Crippen molar-refractivity contribution in [3.05, 3.63) is 41.6 Å². The molecular weight excluding hydrogens is 290 g/mol. The molecule has 0 N–H and O–H groups in total. The number of rotatable bonds is 3. The van der Waals surface area contributed by atoms with E-state index in [1.807, 2.05) is 41.6 Å². The van der Waals surface area contributed by atoms with E-state index in [-0.39, 0.29) is 0 Å². The summed E-state index contributed by atoms with van der Waals surface area (Å²) in [7, 11) is 0. The highest BCUT2D eigenvalue weighted by Crippen LogP contribution is 2.30. The first kappa shape index (κ1) is 13.8. The van der Waals surface area contributed by atoms with Gasteiger partial charge in [-0.05, 0) is 19.1 Å². The van der Waals surface area contributed by atoms with Gasteiger partial charge < -0.3 is 4.90 Å².